The van der Waals surface area contributed by atoms with E-state index in [-0.39, 0.29) is 18.6 Å². The first kappa shape index (κ1) is 22.2. The average Bonchev–Trinajstić information content (AvgIpc) is 2.43. The highest BCUT2D eigenvalue weighted by Crippen LogP contribution is 2.25. The van der Waals surface area contributed by atoms with Gasteiger partial charge in [-0.15, -0.1) is 0 Å². The first-order chi connectivity index (χ1) is 11.8. The van der Waals surface area contributed by atoms with Crippen LogP contribution in [0.25, 0.3) is 0 Å². The Hall–Kier alpha value is -1.86. The molecule has 0 fully saturated rings. The van der Waals surface area contributed by atoms with Gasteiger partial charge in [-0.05, 0) is 53.2 Å². The van der Waals surface area contributed by atoms with Crippen molar-refractivity contribution in [3.63, 3.8) is 0 Å². The van der Waals surface area contributed by atoms with E-state index in [1.54, 1.807) is 39.0 Å². The first-order valence-corrected chi connectivity index (χ1v) is 8.69. The van der Waals surface area contributed by atoms with Crippen molar-refractivity contribution in [1.29, 1.82) is 0 Å². The fourth-order valence-electron chi connectivity index (χ4n) is 2.25. The van der Waals surface area contributed by atoms with E-state index in [0.717, 1.165) is 0 Å². The summed E-state index contributed by atoms with van der Waals surface area (Å²) in [4.78, 5) is 23.0. The Morgan fingerprint density at radius 1 is 1.15 bits per heavy atom. The van der Waals surface area contributed by atoms with Gasteiger partial charge < -0.3 is 19.3 Å². The van der Waals surface area contributed by atoms with Crippen LogP contribution in [0.2, 0.25) is 0 Å². The number of amides is 1. The van der Waals surface area contributed by atoms with Crippen molar-refractivity contribution in [3.8, 4) is 0 Å². The molecule has 0 aromatic rings. The number of aliphatic carboxylic acids is 1. The molecule has 0 saturated heterocycles. The van der Waals surface area contributed by atoms with Gasteiger partial charge in [-0.1, -0.05) is 12.2 Å². The molecule has 0 aromatic carbocycles. The second kappa shape index (κ2) is 8.68. The topological polar surface area (TPSA) is 94.1 Å². The van der Waals surface area contributed by atoms with Crippen LogP contribution in [0.3, 0.4) is 0 Å². The van der Waals surface area contributed by atoms with E-state index in [0.29, 0.717) is 18.6 Å². The minimum absolute atomic E-state index is 0.0772. The van der Waals surface area contributed by atoms with E-state index in [9.17, 15) is 9.59 Å². The fraction of sp³-hybridized carbons (Fsp3) is 0.684. The molecule has 1 aliphatic carbocycles. The van der Waals surface area contributed by atoms with Crippen LogP contribution in [-0.2, 0) is 19.0 Å². The van der Waals surface area contributed by atoms with Crippen molar-refractivity contribution in [2.45, 2.75) is 71.3 Å². The van der Waals surface area contributed by atoms with Gasteiger partial charge >= 0.3 is 12.1 Å². The van der Waals surface area contributed by atoms with Gasteiger partial charge in [0.1, 0.15) is 5.60 Å². The van der Waals surface area contributed by atoms with Gasteiger partial charge in [0.2, 0.25) is 0 Å². The van der Waals surface area contributed by atoms with Gasteiger partial charge in [-0.2, -0.15) is 0 Å². The molecule has 1 rings (SSSR count). The standard InChI is InChI=1S/C19H31NO6/c1-17(2,3)24-11-12-25-19(20-16(23)26-18(4,5)6)9-7-14(8-10-19)13-15(21)22/h7-9H,10-13H2,1-6H3,(H,20,23)(H,21,22)/t19-/m0/s1. The molecule has 0 saturated carbocycles. The molecule has 1 amide bonds. The summed E-state index contributed by atoms with van der Waals surface area (Å²) in [7, 11) is 0. The molecule has 0 radical (unpaired) electrons. The second-order valence-corrected chi connectivity index (χ2v) is 8.21. The molecule has 0 aromatic heterocycles. The third-order valence-electron chi connectivity index (χ3n) is 3.28. The number of rotatable bonds is 7. The summed E-state index contributed by atoms with van der Waals surface area (Å²) in [6, 6.07) is 0. The van der Waals surface area contributed by atoms with Gasteiger partial charge in [-0.3, -0.25) is 10.1 Å². The van der Waals surface area contributed by atoms with Gasteiger partial charge in [0.05, 0.1) is 25.2 Å². The van der Waals surface area contributed by atoms with Crippen molar-refractivity contribution in [2.24, 2.45) is 0 Å². The van der Waals surface area contributed by atoms with E-state index in [2.05, 4.69) is 5.32 Å². The molecule has 26 heavy (non-hydrogen) atoms. The smallest absolute Gasteiger partial charge is 0.410 e. The largest absolute Gasteiger partial charge is 0.481 e. The fourth-order valence-corrected chi connectivity index (χ4v) is 2.25. The maximum Gasteiger partial charge on any atom is 0.410 e. The minimum Gasteiger partial charge on any atom is -0.481 e. The van der Waals surface area contributed by atoms with Crippen molar-refractivity contribution in [1.82, 2.24) is 5.32 Å². The molecule has 1 atom stereocenters. The average molecular weight is 369 g/mol. The molecule has 0 unspecified atom stereocenters. The predicted octanol–water partition coefficient (Wildman–Crippen LogP) is 3.40. The number of hydrogen-bond donors (Lipinski definition) is 2. The number of alkyl carbamates (subject to hydrolysis) is 1. The van der Waals surface area contributed by atoms with Crippen molar-refractivity contribution < 1.29 is 28.9 Å². The number of nitrogens with one attached hydrogen (secondary N) is 1. The second-order valence-electron chi connectivity index (χ2n) is 8.21. The molecule has 7 nitrogen and oxygen atoms in total. The maximum absolute atomic E-state index is 12.2. The van der Waals surface area contributed by atoms with Crippen LogP contribution < -0.4 is 5.32 Å². The van der Waals surface area contributed by atoms with E-state index < -0.39 is 23.4 Å². The summed E-state index contributed by atoms with van der Waals surface area (Å²) < 4.78 is 16.8. The Bertz CT molecular complexity index is 568. The molecular weight excluding hydrogens is 338 g/mol. The number of allylic oxidation sites excluding steroid dienone is 1. The molecule has 0 aliphatic heterocycles. The number of carboxylic acids is 1. The summed E-state index contributed by atoms with van der Waals surface area (Å²) in [5, 5.41) is 11.6. The van der Waals surface area contributed by atoms with Crippen LogP contribution >= 0.6 is 0 Å². The van der Waals surface area contributed by atoms with Gasteiger partial charge in [-0.25, -0.2) is 4.79 Å². The molecule has 1 aliphatic rings. The number of hydrogen-bond acceptors (Lipinski definition) is 5. The van der Waals surface area contributed by atoms with E-state index in [1.807, 2.05) is 20.8 Å². The Balaban J connectivity index is 2.76. The Labute approximate surface area is 155 Å². The van der Waals surface area contributed by atoms with Gasteiger partial charge in [0, 0.05) is 6.42 Å². The summed E-state index contributed by atoms with van der Waals surface area (Å²) in [5.74, 6) is -0.909. The third kappa shape index (κ3) is 9.01. The van der Waals surface area contributed by atoms with Crippen LogP contribution in [0.5, 0.6) is 0 Å². The normalized spacial score (nSPS) is 20.5. The highest BCUT2D eigenvalue weighted by molar-refractivity contribution is 5.72. The zero-order valence-corrected chi connectivity index (χ0v) is 16.5. The molecule has 0 heterocycles. The number of carboxylic acid groups (broad SMARTS) is 1. The number of carbonyl (C=O) groups excluding carboxylic acids is 1. The maximum atomic E-state index is 12.2. The first-order valence-electron chi connectivity index (χ1n) is 8.69. The van der Waals surface area contributed by atoms with Crippen LogP contribution in [0.15, 0.2) is 23.8 Å². The molecular formula is C19H31NO6. The van der Waals surface area contributed by atoms with Gasteiger partial charge in [0.25, 0.3) is 0 Å². The third-order valence-corrected chi connectivity index (χ3v) is 3.28. The van der Waals surface area contributed by atoms with E-state index in [1.165, 1.54) is 0 Å². The van der Waals surface area contributed by atoms with Crippen LogP contribution in [0, 0.1) is 0 Å². The quantitative estimate of drug-likeness (QED) is 0.528. The number of carbonyl (C=O) groups is 2. The lowest BCUT2D eigenvalue weighted by Gasteiger charge is -2.34. The molecule has 2 N–H and O–H groups in total. The lowest BCUT2D eigenvalue weighted by Crippen LogP contribution is -2.51. The van der Waals surface area contributed by atoms with E-state index in [4.69, 9.17) is 19.3 Å². The monoisotopic (exact) mass is 369 g/mol. The molecule has 0 bridgehead atoms. The zero-order chi connectivity index (χ0) is 20.0. The Morgan fingerprint density at radius 2 is 1.81 bits per heavy atom. The van der Waals surface area contributed by atoms with Crippen molar-refractivity contribution >= 4 is 12.1 Å². The van der Waals surface area contributed by atoms with Crippen LogP contribution in [0.1, 0.15) is 54.4 Å². The highest BCUT2D eigenvalue weighted by Gasteiger charge is 2.33. The Morgan fingerprint density at radius 3 is 2.27 bits per heavy atom. The van der Waals surface area contributed by atoms with Crippen molar-refractivity contribution in [2.75, 3.05) is 13.2 Å². The summed E-state index contributed by atoms with van der Waals surface area (Å²) in [6.07, 6.45) is 4.68. The summed E-state index contributed by atoms with van der Waals surface area (Å²) in [6.45, 7) is 11.8. The SMILES string of the molecule is CC(C)(C)OCCO[C@@]1(NC(=O)OC(C)(C)C)C=CC(CC(=O)O)=CC1. The van der Waals surface area contributed by atoms with Gasteiger partial charge in [0.15, 0.2) is 5.72 Å². The highest BCUT2D eigenvalue weighted by atomic mass is 16.6. The summed E-state index contributed by atoms with van der Waals surface area (Å²) >= 11 is 0. The predicted molar refractivity (Wildman–Crippen MR) is 97.9 cm³/mol. The lowest BCUT2D eigenvalue weighted by atomic mass is 9.97. The van der Waals surface area contributed by atoms with E-state index >= 15 is 0 Å². The Kier molecular flexibility index (Phi) is 7.41. The molecule has 7 heteroatoms. The van der Waals surface area contributed by atoms with Crippen molar-refractivity contribution in [3.05, 3.63) is 23.8 Å². The number of ether oxygens (including phenoxy) is 3. The lowest BCUT2D eigenvalue weighted by molar-refractivity contribution is -0.136. The van der Waals surface area contributed by atoms with Crippen LogP contribution in [-0.4, -0.2) is 47.3 Å². The molecule has 0 spiro atoms. The van der Waals surface area contributed by atoms with Crippen LogP contribution in [0.4, 0.5) is 4.79 Å². The summed E-state index contributed by atoms with van der Waals surface area (Å²) in [5.41, 5.74) is -1.35. The minimum atomic E-state index is -1.09. The zero-order valence-electron chi connectivity index (χ0n) is 16.5. The molecule has 148 valence electrons.